The molecule has 0 aromatic carbocycles. The second-order valence-electron chi connectivity index (χ2n) is 7.35. The lowest BCUT2D eigenvalue weighted by Gasteiger charge is -2.31. The van der Waals surface area contributed by atoms with Gasteiger partial charge in [-0.05, 0) is 44.8 Å². The zero-order valence-electron chi connectivity index (χ0n) is 15.5. The minimum atomic E-state index is -1.78. The van der Waals surface area contributed by atoms with E-state index in [1.54, 1.807) is 13.3 Å². The zero-order chi connectivity index (χ0) is 18.2. The van der Waals surface area contributed by atoms with E-state index in [4.69, 9.17) is 13.9 Å². The molecule has 0 saturated carbocycles. The predicted octanol–water partition coefficient (Wildman–Crippen LogP) is 2.64. The number of pyridine rings is 1. The number of esters is 1. The average Bonchev–Trinajstić information content (AvgIpc) is 3.24. The molecule has 1 aromatic heterocycles. The predicted molar refractivity (Wildman–Crippen MR) is 96.1 cm³/mol. The third-order valence-corrected chi connectivity index (χ3v) is 5.34. The van der Waals surface area contributed by atoms with Crippen LogP contribution in [0.15, 0.2) is 36.2 Å². The van der Waals surface area contributed by atoms with Crippen LogP contribution >= 0.6 is 0 Å². The summed E-state index contributed by atoms with van der Waals surface area (Å²) < 4.78 is 17.2. The fourth-order valence-corrected chi connectivity index (χ4v) is 4.56. The number of aromatic nitrogens is 1. The zero-order valence-corrected chi connectivity index (χ0v) is 16.5. The molecule has 0 spiro atoms. The molecule has 1 aromatic rings. The van der Waals surface area contributed by atoms with Crippen molar-refractivity contribution in [2.24, 2.45) is 0 Å². The van der Waals surface area contributed by atoms with E-state index < -0.39 is 19.9 Å². The molecule has 3 heterocycles. The molecular weight excluding hydrogens is 336 g/mol. The molecule has 2 aliphatic rings. The maximum atomic E-state index is 12.6. The van der Waals surface area contributed by atoms with Crippen LogP contribution in [-0.4, -0.2) is 50.2 Å². The molecular formula is C18H26N2O4Si. The molecule has 1 saturated heterocycles. The van der Waals surface area contributed by atoms with Crippen LogP contribution in [0.3, 0.4) is 0 Å². The molecule has 0 aliphatic carbocycles. The van der Waals surface area contributed by atoms with Crippen LogP contribution in [0.2, 0.25) is 19.6 Å². The molecule has 3 rings (SSSR count). The smallest absolute Gasteiger partial charge is 0.325 e. The van der Waals surface area contributed by atoms with Crippen LogP contribution in [-0.2, 0) is 24.2 Å². The van der Waals surface area contributed by atoms with Gasteiger partial charge in [0.1, 0.15) is 17.8 Å². The lowest BCUT2D eigenvalue weighted by atomic mass is 9.93. The van der Waals surface area contributed by atoms with E-state index in [9.17, 15) is 4.79 Å². The summed E-state index contributed by atoms with van der Waals surface area (Å²) >= 11 is 0. The van der Waals surface area contributed by atoms with Crippen molar-refractivity contribution in [3.63, 3.8) is 0 Å². The summed E-state index contributed by atoms with van der Waals surface area (Å²) in [6, 6.07) is 5.36. The van der Waals surface area contributed by atoms with Crippen molar-refractivity contribution < 1.29 is 18.7 Å². The molecule has 0 bridgehead atoms. The van der Waals surface area contributed by atoms with Gasteiger partial charge < -0.3 is 13.9 Å². The first-order chi connectivity index (χ1) is 11.8. The summed E-state index contributed by atoms with van der Waals surface area (Å²) in [7, 11) is -0.134. The minimum Gasteiger partial charge on any atom is -0.547 e. The fourth-order valence-electron chi connectivity index (χ4n) is 3.64. The summed E-state index contributed by atoms with van der Waals surface area (Å²) in [6.07, 6.45) is 3.98. The van der Waals surface area contributed by atoms with E-state index >= 15 is 0 Å². The van der Waals surface area contributed by atoms with Gasteiger partial charge in [0.05, 0.1) is 18.1 Å². The van der Waals surface area contributed by atoms with Crippen LogP contribution < -0.4 is 0 Å². The molecule has 0 amide bonds. The summed E-state index contributed by atoms with van der Waals surface area (Å²) in [6.45, 7) is 8.60. The van der Waals surface area contributed by atoms with Crippen LogP contribution in [0, 0.1) is 0 Å². The first-order valence-corrected chi connectivity index (χ1v) is 12.0. The number of rotatable bonds is 6. The maximum Gasteiger partial charge on any atom is 0.325 e. The van der Waals surface area contributed by atoms with Gasteiger partial charge in [-0.1, -0.05) is 6.07 Å². The van der Waals surface area contributed by atoms with E-state index in [2.05, 4.69) is 24.6 Å². The molecule has 2 aliphatic heterocycles. The average molecular weight is 363 g/mol. The Morgan fingerprint density at radius 3 is 2.72 bits per heavy atom. The number of carbonyl (C=O) groups is 1. The van der Waals surface area contributed by atoms with Crippen molar-refractivity contribution in [2.45, 2.75) is 50.8 Å². The third-order valence-electron chi connectivity index (χ3n) is 4.47. The highest BCUT2D eigenvalue weighted by atomic mass is 28.4. The highest BCUT2D eigenvalue weighted by molar-refractivity contribution is 6.70. The van der Waals surface area contributed by atoms with E-state index in [1.807, 2.05) is 36.1 Å². The topological polar surface area (TPSA) is 60.7 Å². The fraction of sp³-hybridized carbons (Fsp3) is 0.556. The normalized spacial score (nSPS) is 30.9. The Labute approximate surface area is 149 Å². The Hall–Kier alpha value is -1.70. The van der Waals surface area contributed by atoms with Crippen molar-refractivity contribution >= 4 is 14.3 Å². The van der Waals surface area contributed by atoms with E-state index in [0.29, 0.717) is 13.0 Å². The molecule has 7 heteroatoms. The first kappa shape index (κ1) is 18.1. The number of carbonyl (C=O) groups excluding carboxylic acids is 1. The van der Waals surface area contributed by atoms with Crippen LogP contribution in [0.25, 0.3) is 0 Å². The number of fused-ring (bicyclic) bond motifs is 1. The van der Waals surface area contributed by atoms with Crippen molar-refractivity contribution in [3.8, 4) is 0 Å². The molecule has 0 radical (unpaired) electrons. The number of nitrogens with zero attached hydrogens (tertiary/aromatic N) is 2. The van der Waals surface area contributed by atoms with Gasteiger partial charge in [0.15, 0.2) is 0 Å². The summed E-state index contributed by atoms with van der Waals surface area (Å²) in [5.41, 5.74) is 0.289. The highest BCUT2D eigenvalue weighted by Crippen LogP contribution is 2.58. The van der Waals surface area contributed by atoms with E-state index in [0.717, 1.165) is 11.5 Å². The first-order valence-electron chi connectivity index (χ1n) is 8.62. The van der Waals surface area contributed by atoms with Crippen LogP contribution in [0.4, 0.5) is 0 Å². The van der Waals surface area contributed by atoms with Gasteiger partial charge in [-0.15, -0.1) is 0 Å². The molecule has 0 N–H and O–H groups in total. The van der Waals surface area contributed by atoms with Gasteiger partial charge in [0, 0.05) is 19.7 Å². The Morgan fingerprint density at radius 2 is 2.16 bits per heavy atom. The van der Waals surface area contributed by atoms with Crippen molar-refractivity contribution in [1.29, 1.82) is 0 Å². The highest BCUT2D eigenvalue weighted by Gasteiger charge is 2.73. The molecule has 25 heavy (non-hydrogen) atoms. The van der Waals surface area contributed by atoms with Crippen LogP contribution in [0.1, 0.15) is 19.0 Å². The second-order valence-corrected chi connectivity index (χ2v) is 11.8. The Kier molecular flexibility index (Phi) is 4.74. The van der Waals surface area contributed by atoms with Gasteiger partial charge in [-0.3, -0.25) is 9.78 Å². The van der Waals surface area contributed by atoms with Gasteiger partial charge in [-0.25, -0.2) is 4.90 Å². The van der Waals surface area contributed by atoms with Crippen molar-refractivity contribution in [3.05, 3.63) is 41.9 Å². The molecule has 136 valence electrons. The SMILES string of the molecule is CCOC(=O)[C@@H]1N2[C@@H](OC)C=C(O[Si](C)(C)C)C[C@@]12c1ccccn1. The maximum absolute atomic E-state index is 12.6. The Morgan fingerprint density at radius 1 is 1.40 bits per heavy atom. The number of ether oxygens (including phenoxy) is 2. The quantitative estimate of drug-likeness (QED) is 0.440. The van der Waals surface area contributed by atoms with Crippen molar-refractivity contribution in [2.75, 3.05) is 13.7 Å². The molecule has 6 nitrogen and oxygen atoms in total. The summed E-state index contributed by atoms with van der Waals surface area (Å²) in [5, 5.41) is 0. The number of hydrogen-bond acceptors (Lipinski definition) is 6. The number of hydrogen-bond donors (Lipinski definition) is 0. The molecule has 1 unspecified atom stereocenters. The third kappa shape index (κ3) is 3.23. The second kappa shape index (κ2) is 6.55. The monoisotopic (exact) mass is 362 g/mol. The van der Waals surface area contributed by atoms with Gasteiger partial charge >= 0.3 is 5.97 Å². The van der Waals surface area contributed by atoms with E-state index in [-0.39, 0.29) is 12.2 Å². The largest absolute Gasteiger partial charge is 0.547 e. The summed E-state index contributed by atoms with van der Waals surface area (Å²) in [4.78, 5) is 19.2. The van der Waals surface area contributed by atoms with Gasteiger partial charge in [-0.2, -0.15) is 0 Å². The molecule has 1 fully saturated rings. The number of methoxy groups -OCH3 is 1. The lowest BCUT2D eigenvalue weighted by Crippen LogP contribution is -2.35. The summed E-state index contributed by atoms with van der Waals surface area (Å²) in [5.74, 6) is 0.637. The Bertz CT molecular complexity index is 673. The standard InChI is InChI=1S/C18H26N2O4Si/c1-6-23-17(21)16-18(14-9-7-8-10-19-14)12-13(24-25(3,4)5)11-15(22-2)20(16)18/h7-11,15-16H,6,12H2,1-5H3/t15-,16-,18+,20?/m0/s1. The van der Waals surface area contributed by atoms with Crippen LogP contribution in [0.5, 0.6) is 0 Å². The van der Waals surface area contributed by atoms with Gasteiger partial charge in [0.2, 0.25) is 8.32 Å². The molecule has 4 atom stereocenters. The minimum absolute atomic E-state index is 0.238. The van der Waals surface area contributed by atoms with E-state index in [1.165, 1.54) is 0 Å². The Balaban J connectivity index is 2.00. The van der Waals surface area contributed by atoms with Crippen molar-refractivity contribution in [1.82, 2.24) is 9.88 Å². The lowest BCUT2D eigenvalue weighted by molar-refractivity contribution is -0.144. The van der Waals surface area contributed by atoms with Gasteiger partial charge in [0.25, 0.3) is 0 Å².